The van der Waals surface area contributed by atoms with Gasteiger partial charge in [-0.1, -0.05) is 23.4 Å². The van der Waals surface area contributed by atoms with E-state index in [4.69, 9.17) is 8.94 Å². The summed E-state index contributed by atoms with van der Waals surface area (Å²) in [5.41, 5.74) is -0.527. The van der Waals surface area contributed by atoms with Crippen molar-refractivity contribution in [3.05, 3.63) is 93.0 Å². The van der Waals surface area contributed by atoms with Crippen molar-refractivity contribution < 1.29 is 22.5 Å². The monoisotopic (exact) mass is 394 g/mol. The van der Waals surface area contributed by atoms with Gasteiger partial charge in [0.15, 0.2) is 11.2 Å². The number of halogens is 2. The second-order valence-electron chi connectivity index (χ2n) is 6.71. The van der Waals surface area contributed by atoms with Crippen molar-refractivity contribution in [1.82, 2.24) is 5.16 Å². The molecule has 0 spiro atoms. The zero-order valence-electron chi connectivity index (χ0n) is 15.0. The molecule has 0 saturated carbocycles. The first kappa shape index (κ1) is 17.3. The number of amides is 1. The number of carbonyl (C=O) groups is 1. The number of hydrogen-bond acceptors (Lipinski definition) is 5. The SMILES string of the molecule is Cc1cc(N2C(=O)c3oc4ccc(F)cc4c(=O)c3[C@@H]2c2ccccc2F)no1. The molecular weight excluding hydrogens is 382 g/mol. The second-order valence-corrected chi connectivity index (χ2v) is 6.71. The molecule has 1 atom stereocenters. The zero-order valence-corrected chi connectivity index (χ0v) is 15.0. The minimum atomic E-state index is -1.13. The molecule has 2 aromatic carbocycles. The molecule has 0 aliphatic carbocycles. The van der Waals surface area contributed by atoms with Gasteiger partial charge in [0.1, 0.15) is 23.0 Å². The molecule has 6 nitrogen and oxygen atoms in total. The molecule has 2 aromatic heterocycles. The van der Waals surface area contributed by atoms with Crippen LogP contribution in [-0.2, 0) is 0 Å². The fraction of sp³-hybridized carbons (Fsp3) is 0.0952. The van der Waals surface area contributed by atoms with Crippen molar-refractivity contribution in [2.24, 2.45) is 0 Å². The molecule has 1 aliphatic heterocycles. The van der Waals surface area contributed by atoms with Crippen LogP contribution >= 0.6 is 0 Å². The number of aryl methyl sites for hydroxylation is 1. The zero-order chi connectivity index (χ0) is 20.3. The minimum Gasteiger partial charge on any atom is -0.450 e. The Morgan fingerprint density at radius 2 is 1.86 bits per heavy atom. The molecule has 1 amide bonds. The van der Waals surface area contributed by atoms with Crippen molar-refractivity contribution >= 4 is 22.7 Å². The van der Waals surface area contributed by atoms with Gasteiger partial charge in [-0.3, -0.25) is 14.5 Å². The number of anilines is 1. The molecule has 0 unspecified atom stereocenters. The van der Waals surface area contributed by atoms with E-state index < -0.39 is 29.0 Å². The first-order chi connectivity index (χ1) is 14.0. The average molecular weight is 394 g/mol. The fourth-order valence-corrected chi connectivity index (χ4v) is 3.64. The van der Waals surface area contributed by atoms with Gasteiger partial charge in [-0.15, -0.1) is 0 Å². The topological polar surface area (TPSA) is 76.6 Å². The largest absolute Gasteiger partial charge is 0.450 e. The van der Waals surface area contributed by atoms with E-state index in [0.717, 1.165) is 17.0 Å². The van der Waals surface area contributed by atoms with E-state index >= 15 is 0 Å². The predicted octanol–water partition coefficient (Wildman–Crippen LogP) is 4.12. The van der Waals surface area contributed by atoms with E-state index in [9.17, 15) is 18.4 Å². The molecular formula is C21H12F2N2O4. The highest BCUT2D eigenvalue weighted by atomic mass is 19.1. The van der Waals surface area contributed by atoms with Gasteiger partial charge in [-0.2, -0.15) is 0 Å². The lowest BCUT2D eigenvalue weighted by molar-refractivity contribution is 0.0969. The third-order valence-corrected chi connectivity index (χ3v) is 4.89. The fourth-order valence-electron chi connectivity index (χ4n) is 3.64. The van der Waals surface area contributed by atoms with Gasteiger partial charge in [-0.05, 0) is 31.2 Å². The van der Waals surface area contributed by atoms with E-state index in [0.29, 0.717) is 5.76 Å². The lowest BCUT2D eigenvalue weighted by atomic mass is 9.98. The van der Waals surface area contributed by atoms with Crippen LogP contribution in [0.5, 0.6) is 0 Å². The second kappa shape index (κ2) is 6.10. The highest BCUT2D eigenvalue weighted by molar-refractivity contribution is 6.10. The molecule has 3 heterocycles. The van der Waals surface area contributed by atoms with Crippen molar-refractivity contribution in [2.45, 2.75) is 13.0 Å². The van der Waals surface area contributed by atoms with Crippen LogP contribution < -0.4 is 10.3 Å². The number of aromatic nitrogens is 1. The van der Waals surface area contributed by atoms with Crippen molar-refractivity contribution in [3.8, 4) is 0 Å². The molecule has 0 N–H and O–H groups in total. The Hall–Kier alpha value is -3.81. The van der Waals surface area contributed by atoms with Crippen LogP contribution in [0.25, 0.3) is 11.0 Å². The molecule has 29 heavy (non-hydrogen) atoms. The van der Waals surface area contributed by atoms with Gasteiger partial charge in [0, 0.05) is 11.6 Å². The summed E-state index contributed by atoms with van der Waals surface area (Å²) >= 11 is 0. The first-order valence-corrected chi connectivity index (χ1v) is 8.73. The van der Waals surface area contributed by atoms with Gasteiger partial charge < -0.3 is 8.94 Å². The summed E-state index contributed by atoms with van der Waals surface area (Å²) in [6.07, 6.45) is 0. The van der Waals surface area contributed by atoms with Crippen LogP contribution in [0.4, 0.5) is 14.6 Å². The Morgan fingerprint density at radius 1 is 1.07 bits per heavy atom. The number of carbonyl (C=O) groups excluding carboxylic acids is 1. The molecule has 8 heteroatoms. The average Bonchev–Trinajstić information content (AvgIpc) is 3.24. The van der Waals surface area contributed by atoms with Crippen molar-refractivity contribution in [1.29, 1.82) is 0 Å². The van der Waals surface area contributed by atoms with Gasteiger partial charge >= 0.3 is 0 Å². The van der Waals surface area contributed by atoms with Gasteiger partial charge in [-0.25, -0.2) is 8.78 Å². The molecule has 0 radical (unpaired) electrons. The first-order valence-electron chi connectivity index (χ1n) is 8.73. The van der Waals surface area contributed by atoms with Crippen molar-refractivity contribution in [3.63, 3.8) is 0 Å². The normalized spacial score (nSPS) is 15.9. The van der Waals surface area contributed by atoms with Crippen LogP contribution in [0, 0.1) is 18.6 Å². The van der Waals surface area contributed by atoms with Gasteiger partial charge in [0.05, 0.1) is 17.0 Å². The Morgan fingerprint density at radius 3 is 2.59 bits per heavy atom. The number of hydrogen-bond donors (Lipinski definition) is 0. The number of fused-ring (bicyclic) bond motifs is 2. The third kappa shape index (κ3) is 2.49. The van der Waals surface area contributed by atoms with Crippen LogP contribution in [0.1, 0.15) is 33.5 Å². The summed E-state index contributed by atoms with van der Waals surface area (Å²) in [5.74, 6) is -1.58. The Kier molecular flexibility index (Phi) is 3.64. The van der Waals surface area contributed by atoms with E-state index in [-0.39, 0.29) is 33.7 Å². The predicted molar refractivity (Wildman–Crippen MR) is 98.7 cm³/mol. The Balaban J connectivity index is 1.86. The minimum absolute atomic E-state index is 0.0314. The molecule has 1 aliphatic rings. The van der Waals surface area contributed by atoms with Crippen LogP contribution in [0.2, 0.25) is 0 Å². The smallest absolute Gasteiger partial charge is 0.296 e. The quantitative estimate of drug-likeness (QED) is 0.511. The molecule has 0 bridgehead atoms. The number of rotatable bonds is 2. The summed E-state index contributed by atoms with van der Waals surface area (Å²) in [4.78, 5) is 27.6. The molecule has 5 rings (SSSR count). The van der Waals surface area contributed by atoms with Crippen molar-refractivity contribution in [2.75, 3.05) is 4.90 Å². The van der Waals surface area contributed by atoms with E-state index in [2.05, 4.69) is 5.16 Å². The summed E-state index contributed by atoms with van der Waals surface area (Å²) < 4.78 is 39.2. The lowest BCUT2D eigenvalue weighted by Gasteiger charge is -2.22. The maximum atomic E-state index is 14.7. The van der Waals surface area contributed by atoms with Crippen LogP contribution in [0.3, 0.4) is 0 Å². The third-order valence-electron chi connectivity index (χ3n) is 4.89. The standard InChI is InChI=1S/C21H12F2N2O4/c1-10-8-16(24-29-10)25-18(12-4-2-3-5-14(12)23)17-19(26)13-9-11(22)6-7-15(13)28-20(17)21(25)27/h2-9,18H,1H3/t18-/m0/s1. The van der Waals surface area contributed by atoms with Crippen LogP contribution in [-0.4, -0.2) is 11.1 Å². The molecule has 4 aromatic rings. The number of benzene rings is 2. The van der Waals surface area contributed by atoms with E-state index in [1.165, 1.54) is 30.3 Å². The Bertz CT molecular complexity index is 1360. The van der Waals surface area contributed by atoms with Gasteiger partial charge in [0.25, 0.3) is 5.91 Å². The summed E-state index contributed by atoms with van der Waals surface area (Å²) in [5, 5.41) is 3.82. The maximum Gasteiger partial charge on any atom is 0.296 e. The highest BCUT2D eigenvalue weighted by Gasteiger charge is 2.45. The van der Waals surface area contributed by atoms with Gasteiger partial charge in [0.2, 0.25) is 5.76 Å². The molecule has 144 valence electrons. The summed E-state index contributed by atoms with van der Waals surface area (Å²) in [6.45, 7) is 1.64. The molecule has 0 saturated heterocycles. The van der Waals surface area contributed by atoms with E-state index in [1.807, 2.05) is 0 Å². The Labute approximate surface area is 162 Å². The summed E-state index contributed by atoms with van der Waals surface area (Å²) in [6, 6.07) is 9.60. The summed E-state index contributed by atoms with van der Waals surface area (Å²) in [7, 11) is 0. The lowest BCUT2D eigenvalue weighted by Crippen LogP contribution is -2.30. The molecule has 0 fully saturated rings. The maximum absolute atomic E-state index is 14.7. The number of nitrogens with zero attached hydrogens (tertiary/aromatic N) is 2. The highest BCUT2D eigenvalue weighted by Crippen LogP contribution is 2.41. The van der Waals surface area contributed by atoms with Crippen LogP contribution in [0.15, 0.2) is 62.3 Å². The van der Waals surface area contributed by atoms with E-state index in [1.54, 1.807) is 13.0 Å².